The first-order valence-corrected chi connectivity index (χ1v) is 3.86. The predicted octanol–water partition coefficient (Wildman–Crippen LogP) is 1.81. The average Bonchev–Trinajstić information content (AvgIpc) is 2.03. The predicted molar refractivity (Wildman–Crippen MR) is 44.8 cm³/mol. The van der Waals surface area contributed by atoms with Crippen molar-refractivity contribution >= 4 is 15.9 Å². The van der Waals surface area contributed by atoms with Crippen LogP contribution in [0.4, 0.5) is 0 Å². The fourth-order valence-electron chi connectivity index (χ4n) is 0.806. The van der Waals surface area contributed by atoms with E-state index in [1.807, 2.05) is 6.07 Å². The molecule has 1 N–H and O–H groups in total. The van der Waals surface area contributed by atoms with Gasteiger partial charge in [0.15, 0.2) is 0 Å². The Morgan fingerprint density at radius 3 is 2.73 bits per heavy atom. The number of rotatable bonds is 1. The number of benzene rings is 1. The third-order valence-corrected chi connectivity index (χ3v) is 1.73. The van der Waals surface area contributed by atoms with E-state index in [4.69, 9.17) is 10.4 Å². The summed E-state index contributed by atoms with van der Waals surface area (Å²) in [7, 11) is 0. The lowest BCUT2D eigenvalue weighted by Gasteiger charge is -1.97. The Balaban J connectivity index is 3.15. The third-order valence-electron chi connectivity index (χ3n) is 1.27. The van der Waals surface area contributed by atoms with Gasteiger partial charge in [0.1, 0.15) is 0 Å². The maximum atomic E-state index is 8.75. The van der Waals surface area contributed by atoms with Crippen LogP contribution in [0.25, 0.3) is 0 Å². The maximum Gasteiger partial charge on any atom is 0.0992 e. The third kappa shape index (κ3) is 2.04. The minimum atomic E-state index is -0.0336. The molecule has 11 heavy (non-hydrogen) atoms. The average molecular weight is 212 g/mol. The zero-order chi connectivity index (χ0) is 8.27. The number of hydrogen-bond acceptors (Lipinski definition) is 2. The van der Waals surface area contributed by atoms with Crippen LogP contribution in [0.5, 0.6) is 0 Å². The highest BCUT2D eigenvalue weighted by atomic mass is 79.9. The van der Waals surface area contributed by atoms with Crippen molar-refractivity contribution in [3.8, 4) is 6.07 Å². The minimum absolute atomic E-state index is 0.0336. The molecule has 2 nitrogen and oxygen atoms in total. The molecule has 1 rings (SSSR count). The topological polar surface area (TPSA) is 44.0 Å². The molecule has 0 radical (unpaired) electrons. The molecule has 56 valence electrons. The number of nitriles is 1. The van der Waals surface area contributed by atoms with Crippen LogP contribution in [0.3, 0.4) is 0 Å². The second-order valence-electron chi connectivity index (χ2n) is 2.12. The Morgan fingerprint density at radius 1 is 1.45 bits per heavy atom. The molecule has 0 heterocycles. The van der Waals surface area contributed by atoms with Crippen molar-refractivity contribution in [1.29, 1.82) is 5.26 Å². The van der Waals surface area contributed by atoms with Crippen LogP contribution in [0.2, 0.25) is 0 Å². The molecule has 0 aliphatic rings. The summed E-state index contributed by atoms with van der Waals surface area (Å²) in [5.74, 6) is 0. The van der Waals surface area contributed by atoms with Crippen LogP contribution in [-0.4, -0.2) is 5.11 Å². The van der Waals surface area contributed by atoms with Crippen molar-refractivity contribution < 1.29 is 5.11 Å². The molecule has 0 fully saturated rings. The van der Waals surface area contributed by atoms with Crippen LogP contribution in [0.1, 0.15) is 11.1 Å². The lowest BCUT2D eigenvalue weighted by molar-refractivity contribution is 0.281. The summed E-state index contributed by atoms with van der Waals surface area (Å²) in [5, 5.41) is 17.3. The standard InChI is InChI=1S/C8H6BrNO/c9-8-2-6(4-10)1-7(3-8)5-11/h1-3,11H,5H2. The van der Waals surface area contributed by atoms with Crippen LogP contribution in [-0.2, 0) is 6.61 Å². The van der Waals surface area contributed by atoms with Crippen molar-refractivity contribution in [3.05, 3.63) is 33.8 Å². The van der Waals surface area contributed by atoms with Crippen molar-refractivity contribution in [1.82, 2.24) is 0 Å². The summed E-state index contributed by atoms with van der Waals surface area (Å²) in [5.41, 5.74) is 1.30. The second kappa shape index (κ2) is 3.51. The van der Waals surface area contributed by atoms with E-state index < -0.39 is 0 Å². The summed E-state index contributed by atoms with van der Waals surface area (Å²) in [4.78, 5) is 0. The lowest BCUT2D eigenvalue weighted by atomic mass is 10.1. The van der Waals surface area contributed by atoms with E-state index in [0.717, 1.165) is 10.0 Å². The Hall–Kier alpha value is -0.850. The molecule has 0 aliphatic carbocycles. The zero-order valence-corrected chi connectivity index (χ0v) is 7.30. The molecule has 1 aromatic rings. The van der Waals surface area contributed by atoms with Crippen molar-refractivity contribution in [2.45, 2.75) is 6.61 Å². The monoisotopic (exact) mass is 211 g/mol. The Morgan fingerprint density at radius 2 is 2.18 bits per heavy atom. The molecule has 1 aromatic carbocycles. The van der Waals surface area contributed by atoms with E-state index in [1.165, 1.54) is 0 Å². The largest absolute Gasteiger partial charge is 0.392 e. The molecule has 3 heteroatoms. The number of hydrogen-bond donors (Lipinski definition) is 1. The van der Waals surface area contributed by atoms with Gasteiger partial charge in [0.05, 0.1) is 18.2 Å². The Kier molecular flexibility index (Phi) is 2.64. The van der Waals surface area contributed by atoms with Crippen molar-refractivity contribution in [3.63, 3.8) is 0 Å². The summed E-state index contributed by atoms with van der Waals surface area (Å²) >= 11 is 3.23. The summed E-state index contributed by atoms with van der Waals surface area (Å²) < 4.78 is 0.820. The first-order valence-electron chi connectivity index (χ1n) is 3.06. The van der Waals surface area contributed by atoms with Gasteiger partial charge in [-0.05, 0) is 23.8 Å². The van der Waals surface area contributed by atoms with Gasteiger partial charge in [-0.25, -0.2) is 0 Å². The highest BCUT2D eigenvalue weighted by Crippen LogP contribution is 2.14. The fourth-order valence-corrected chi connectivity index (χ4v) is 1.35. The molecule has 0 aliphatic heterocycles. The number of aliphatic hydroxyl groups excluding tert-OH is 1. The molecular weight excluding hydrogens is 206 g/mol. The summed E-state index contributed by atoms with van der Waals surface area (Å²) in [6.45, 7) is -0.0336. The van der Waals surface area contributed by atoms with Gasteiger partial charge in [0.25, 0.3) is 0 Å². The van der Waals surface area contributed by atoms with Gasteiger partial charge in [0.2, 0.25) is 0 Å². The first-order chi connectivity index (χ1) is 5.26. The Labute approximate surface area is 73.2 Å². The smallest absolute Gasteiger partial charge is 0.0992 e. The summed E-state index contributed by atoms with van der Waals surface area (Å²) in [6, 6.07) is 7.14. The summed E-state index contributed by atoms with van der Waals surface area (Å²) in [6.07, 6.45) is 0. The normalized spacial score (nSPS) is 9.18. The highest BCUT2D eigenvalue weighted by Gasteiger charge is 1.96. The van der Waals surface area contributed by atoms with Crippen LogP contribution < -0.4 is 0 Å². The molecule has 0 unspecified atom stereocenters. The van der Waals surface area contributed by atoms with Crippen LogP contribution >= 0.6 is 15.9 Å². The van der Waals surface area contributed by atoms with Crippen LogP contribution in [0.15, 0.2) is 22.7 Å². The molecule has 0 aromatic heterocycles. The van der Waals surface area contributed by atoms with E-state index in [0.29, 0.717) is 5.56 Å². The van der Waals surface area contributed by atoms with E-state index in [2.05, 4.69) is 15.9 Å². The molecule has 0 bridgehead atoms. The van der Waals surface area contributed by atoms with Gasteiger partial charge in [-0.1, -0.05) is 15.9 Å². The zero-order valence-electron chi connectivity index (χ0n) is 5.71. The lowest BCUT2D eigenvalue weighted by Crippen LogP contribution is -1.84. The van der Waals surface area contributed by atoms with Crippen molar-refractivity contribution in [2.75, 3.05) is 0 Å². The maximum absolute atomic E-state index is 8.75. The molecular formula is C8H6BrNO. The molecule has 0 saturated carbocycles. The second-order valence-corrected chi connectivity index (χ2v) is 3.03. The van der Waals surface area contributed by atoms with Gasteiger partial charge in [-0.3, -0.25) is 0 Å². The van der Waals surface area contributed by atoms with Gasteiger partial charge >= 0.3 is 0 Å². The quantitative estimate of drug-likeness (QED) is 0.771. The van der Waals surface area contributed by atoms with Crippen LogP contribution in [0, 0.1) is 11.3 Å². The first kappa shape index (κ1) is 8.25. The van der Waals surface area contributed by atoms with Gasteiger partial charge < -0.3 is 5.11 Å². The van der Waals surface area contributed by atoms with E-state index in [9.17, 15) is 0 Å². The Bertz CT molecular complexity index is 303. The SMILES string of the molecule is N#Cc1cc(Br)cc(CO)c1. The minimum Gasteiger partial charge on any atom is -0.392 e. The molecule has 0 amide bonds. The highest BCUT2D eigenvalue weighted by molar-refractivity contribution is 9.10. The van der Waals surface area contributed by atoms with E-state index in [1.54, 1.807) is 18.2 Å². The van der Waals surface area contributed by atoms with Crippen molar-refractivity contribution in [2.24, 2.45) is 0 Å². The number of aliphatic hydroxyl groups is 1. The molecule has 0 atom stereocenters. The van der Waals surface area contributed by atoms with E-state index in [-0.39, 0.29) is 6.61 Å². The van der Waals surface area contributed by atoms with Gasteiger partial charge in [0, 0.05) is 4.47 Å². The van der Waals surface area contributed by atoms with Gasteiger partial charge in [-0.15, -0.1) is 0 Å². The van der Waals surface area contributed by atoms with Gasteiger partial charge in [-0.2, -0.15) is 5.26 Å². The molecule has 0 spiro atoms. The molecule has 0 saturated heterocycles. The number of halogens is 1. The fraction of sp³-hybridized carbons (Fsp3) is 0.125. The number of nitrogens with zero attached hydrogens (tertiary/aromatic N) is 1. The van der Waals surface area contributed by atoms with E-state index >= 15 is 0 Å².